The monoisotopic (exact) mass is 367 g/mol. The molecule has 0 radical (unpaired) electrons. The molecule has 0 N–H and O–H groups in total. The summed E-state index contributed by atoms with van der Waals surface area (Å²) in [6.07, 6.45) is 1.86. The van der Waals surface area contributed by atoms with E-state index in [1.54, 1.807) is 21.9 Å². The fourth-order valence-corrected chi connectivity index (χ4v) is 3.57. The molecule has 0 aromatic heterocycles. The Balaban J connectivity index is 2.13. The number of nitrogens with zero attached hydrogens (tertiary/aromatic N) is 3. The second-order valence-electron chi connectivity index (χ2n) is 6.54. The van der Waals surface area contributed by atoms with Crippen LogP contribution in [0.25, 0.3) is 0 Å². The molecule has 138 valence electrons. The highest BCUT2D eigenvalue weighted by molar-refractivity contribution is 7.92. The van der Waals surface area contributed by atoms with Crippen molar-refractivity contribution < 1.29 is 18.0 Å². The Kier molecular flexibility index (Phi) is 6.05. The molecule has 2 amide bonds. The van der Waals surface area contributed by atoms with Gasteiger partial charge in [-0.25, -0.2) is 8.42 Å². The zero-order valence-electron chi connectivity index (χ0n) is 14.9. The van der Waals surface area contributed by atoms with Crippen LogP contribution in [-0.2, 0) is 19.6 Å². The van der Waals surface area contributed by atoms with Gasteiger partial charge in [-0.1, -0.05) is 26.0 Å². The molecule has 0 saturated carbocycles. The topological polar surface area (TPSA) is 78.0 Å². The molecule has 7 nitrogen and oxygen atoms in total. The van der Waals surface area contributed by atoms with Crippen molar-refractivity contribution in [1.29, 1.82) is 0 Å². The Morgan fingerprint density at radius 3 is 2.16 bits per heavy atom. The van der Waals surface area contributed by atoms with Gasteiger partial charge in [0, 0.05) is 26.2 Å². The second kappa shape index (κ2) is 7.86. The van der Waals surface area contributed by atoms with E-state index in [-0.39, 0.29) is 12.5 Å². The van der Waals surface area contributed by atoms with Crippen molar-refractivity contribution in [1.82, 2.24) is 9.80 Å². The number of hydrogen-bond donors (Lipinski definition) is 0. The molecule has 1 aromatic rings. The molecule has 0 aliphatic carbocycles. The summed E-state index contributed by atoms with van der Waals surface area (Å²) in [6, 6.07) is 7.22. The van der Waals surface area contributed by atoms with Crippen LogP contribution in [0.5, 0.6) is 0 Å². The minimum atomic E-state index is -3.58. The van der Waals surface area contributed by atoms with E-state index in [1.807, 2.05) is 12.1 Å². The lowest BCUT2D eigenvalue weighted by molar-refractivity contribution is -0.133. The summed E-state index contributed by atoms with van der Waals surface area (Å²) in [5.41, 5.74) is 1.58. The zero-order valence-corrected chi connectivity index (χ0v) is 15.7. The third-order valence-corrected chi connectivity index (χ3v) is 5.48. The van der Waals surface area contributed by atoms with Crippen molar-refractivity contribution in [2.75, 3.05) is 43.3 Å². The van der Waals surface area contributed by atoms with Gasteiger partial charge in [-0.3, -0.25) is 13.9 Å². The first-order valence-electron chi connectivity index (χ1n) is 8.27. The van der Waals surface area contributed by atoms with Crippen LogP contribution in [0.3, 0.4) is 0 Å². The van der Waals surface area contributed by atoms with E-state index in [9.17, 15) is 18.0 Å². The number of benzene rings is 1. The van der Waals surface area contributed by atoms with E-state index in [2.05, 4.69) is 13.8 Å². The maximum atomic E-state index is 12.5. The van der Waals surface area contributed by atoms with E-state index in [0.717, 1.165) is 22.5 Å². The predicted molar refractivity (Wildman–Crippen MR) is 96.9 cm³/mol. The molecule has 0 spiro atoms. The number of piperazine rings is 1. The number of carbonyl (C=O) groups excluding carboxylic acids is 2. The first-order chi connectivity index (χ1) is 11.7. The van der Waals surface area contributed by atoms with Crippen LogP contribution < -0.4 is 4.31 Å². The smallest absolute Gasteiger partial charge is 0.243 e. The molecule has 1 aliphatic rings. The summed E-state index contributed by atoms with van der Waals surface area (Å²) in [5.74, 6) is 0.0837. The van der Waals surface area contributed by atoms with Crippen molar-refractivity contribution in [3.63, 3.8) is 0 Å². The van der Waals surface area contributed by atoms with E-state index in [0.29, 0.717) is 37.8 Å². The van der Waals surface area contributed by atoms with Gasteiger partial charge >= 0.3 is 0 Å². The normalized spacial score (nSPS) is 15.4. The van der Waals surface area contributed by atoms with E-state index in [1.165, 1.54) is 0 Å². The Morgan fingerprint density at radius 1 is 1.16 bits per heavy atom. The Morgan fingerprint density at radius 2 is 1.72 bits per heavy atom. The number of rotatable bonds is 6. The Labute approximate surface area is 149 Å². The van der Waals surface area contributed by atoms with Crippen LogP contribution in [0.1, 0.15) is 25.3 Å². The van der Waals surface area contributed by atoms with Gasteiger partial charge in [0.1, 0.15) is 6.54 Å². The molecule has 0 unspecified atom stereocenters. The van der Waals surface area contributed by atoms with Crippen molar-refractivity contribution in [3.8, 4) is 0 Å². The van der Waals surface area contributed by atoms with Crippen LogP contribution in [0.4, 0.5) is 5.69 Å². The second-order valence-corrected chi connectivity index (χ2v) is 8.44. The van der Waals surface area contributed by atoms with Crippen molar-refractivity contribution in [2.45, 2.75) is 19.8 Å². The Bertz CT molecular complexity index is 708. The van der Waals surface area contributed by atoms with Gasteiger partial charge in [0.2, 0.25) is 22.3 Å². The largest absolute Gasteiger partial charge is 0.342 e. The number of hydrogen-bond acceptors (Lipinski definition) is 4. The first-order valence-corrected chi connectivity index (χ1v) is 10.1. The summed E-state index contributed by atoms with van der Waals surface area (Å²) in [6.45, 7) is 5.66. The van der Waals surface area contributed by atoms with Crippen molar-refractivity contribution in [2.24, 2.45) is 0 Å². The lowest BCUT2D eigenvalue weighted by atomic mass is 10.0. The van der Waals surface area contributed by atoms with Gasteiger partial charge in [0.25, 0.3) is 0 Å². The summed E-state index contributed by atoms with van der Waals surface area (Å²) < 4.78 is 25.5. The molecule has 1 heterocycles. The first kappa shape index (κ1) is 19.2. The average Bonchev–Trinajstić information content (AvgIpc) is 2.58. The summed E-state index contributed by atoms with van der Waals surface area (Å²) >= 11 is 0. The van der Waals surface area contributed by atoms with Crippen LogP contribution >= 0.6 is 0 Å². The summed E-state index contributed by atoms with van der Waals surface area (Å²) in [4.78, 5) is 26.5. The van der Waals surface area contributed by atoms with E-state index >= 15 is 0 Å². The maximum Gasteiger partial charge on any atom is 0.243 e. The SMILES string of the molecule is CC(C)c1ccc(N(CC(=O)N2CCN(C=O)CC2)S(C)(=O)=O)cc1. The van der Waals surface area contributed by atoms with Gasteiger partial charge in [0.05, 0.1) is 11.9 Å². The van der Waals surface area contributed by atoms with Gasteiger partial charge in [0.15, 0.2) is 0 Å². The minimum absolute atomic E-state index is 0.235. The average molecular weight is 367 g/mol. The number of sulfonamides is 1. The van der Waals surface area contributed by atoms with Gasteiger partial charge < -0.3 is 9.80 Å². The number of anilines is 1. The molecule has 1 saturated heterocycles. The van der Waals surface area contributed by atoms with E-state index in [4.69, 9.17) is 0 Å². The predicted octanol–water partition coefficient (Wildman–Crippen LogP) is 0.877. The highest BCUT2D eigenvalue weighted by atomic mass is 32.2. The van der Waals surface area contributed by atoms with Crippen molar-refractivity contribution >= 4 is 28.0 Å². The van der Waals surface area contributed by atoms with E-state index < -0.39 is 10.0 Å². The highest BCUT2D eigenvalue weighted by Gasteiger charge is 2.26. The van der Waals surface area contributed by atoms with Crippen LogP contribution in [0.2, 0.25) is 0 Å². The van der Waals surface area contributed by atoms with Gasteiger partial charge in [-0.2, -0.15) is 0 Å². The third kappa shape index (κ3) is 4.94. The van der Waals surface area contributed by atoms with Crippen LogP contribution in [-0.4, -0.2) is 69.5 Å². The lowest BCUT2D eigenvalue weighted by Gasteiger charge is -2.34. The highest BCUT2D eigenvalue weighted by Crippen LogP contribution is 2.22. The fraction of sp³-hybridized carbons (Fsp3) is 0.529. The quantitative estimate of drug-likeness (QED) is 0.699. The van der Waals surface area contributed by atoms with Gasteiger partial charge in [-0.05, 0) is 23.6 Å². The maximum absolute atomic E-state index is 12.5. The minimum Gasteiger partial charge on any atom is -0.342 e. The number of carbonyl (C=O) groups is 2. The van der Waals surface area contributed by atoms with Crippen LogP contribution in [0, 0.1) is 0 Å². The lowest BCUT2D eigenvalue weighted by Crippen LogP contribution is -2.51. The van der Waals surface area contributed by atoms with Gasteiger partial charge in [-0.15, -0.1) is 0 Å². The zero-order chi connectivity index (χ0) is 18.6. The third-order valence-electron chi connectivity index (χ3n) is 4.34. The molecule has 0 atom stereocenters. The fourth-order valence-electron chi connectivity index (χ4n) is 2.73. The molecule has 2 rings (SSSR count). The molecular formula is C17H25N3O4S. The number of amides is 2. The molecule has 0 bridgehead atoms. The Hall–Kier alpha value is -2.09. The molecule has 8 heteroatoms. The van der Waals surface area contributed by atoms with Crippen LogP contribution in [0.15, 0.2) is 24.3 Å². The van der Waals surface area contributed by atoms with Crippen molar-refractivity contribution in [3.05, 3.63) is 29.8 Å². The standard InChI is InChI=1S/C17H25N3O4S/c1-14(2)15-4-6-16(7-5-15)20(25(3,23)24)12-17(22)19-10-8-18(13-21)9-11-19/h4-7,13-14H,8-12H2,1-3H3. The summed E-state index contributed by atoms with van der Waals surface area (Å²) in [5, 5.41) is 0. The molecular weight excluding hydrogens is 342 g/mol. The molecule has 1 aromatic carbocycles. The molecule has 25 heavy (non-hydrogen) atoms. The molecule has 1 fully saturated rings. The summed E-state index contributed by atoms with van der Waals surface area (Å²) in [7, 11) is -3.58. The molecule has 1 aliphatic heterocycles.